The summed E-state index contributed by atoms with van der Waals surface area (Å²) in [5.41, 5.74) is 3.27. The first-order valence-corrected chi connectivity index (χ1v) is 10.3. The Kier molecular flexibility index (Phi) is 8.51. The molecular weight excluding hydrogens is 543 g/mol. The van der Waals surface area contributed by atoms with E-state index < -0.39 is 0 Å². The largest absolute Gasteiger partial charge is 0.356 e. The third kappa shape index (κ3) is 6.18. The molecule has 1 aliphatic heterocycles. The lowest BCUT2D eigenvalue weighted by Gasteiger charge is -2.29. The fourth-order valence-electron chi connectivity index (χ4n) is 3.44. The zero-order valence-corrected chi connectivity index (χ0v) is 20.9. The molecule has 5 nitrogen and oxygen atoms in total. The summed E-state index contributed by atoms with van der Waals surface area (Å²) in [4.78, 5) is 16.3. The first kappa shape index (κ1) is 23.7. The van der Waals surface area contributed by atoms with E-state index in [-0.39, 0.29) is 41.2 Å². The van der Waals surface area contributed by atoms with E-state index >= 15 is 0 Å². The van der Waals surface area contributed by atoms with Gasteiger partial charge in [-0.15, -0.1) is 24.0 Å². The molecule has 3 N–H and O–H groups in total. The molecule has 0 bridgehead atoms. The molecule has 2 aromatic carbocycles. The Morgan fingerprint density at radius 1 is 1.21 bits per heavy atom. The number of benzene rings is 2. The number of halogens is 2. The summed E-state index contributed by atoms with van der Waals surface area (Å²) in [5.74, 6) is 0.928. The molecule has 29 heavy (non-hydrogen) atoms. The average Bonchev–Trinajstić information content (AvgIpc) is 2.67. The van der Waals surface area contributed by atoms with Gasteiger partial charge in [-0.3, -0.25) is 9.79 Å². The number of anilines is 1. The predicted molar refractivity (Wildman–Crippen MR) is 134 cm³/mol. The molecule has 0 spiro atoms. The molecule has 2 aromatic rings. The van der Waals surface area contributed by atoms with Crippen LogP contribution in [0.25, 0.3) is 0 Å². The van der Waals surface area contributed by atoms with Gasteiger partial charge in [0, 0.05) is 48.1 Å². The highest BCUT2D eigenvalue weighted by Crippen LogP contribution is 2.31. The van der Waals surface area contributed by atoms with Crippen LogP contribution in [-0.2, 0) is 10.2 Å². The van der Waals surface area contributed by atoms with Gasteiger partial charge in [-0.2, -0.15) is 0 Å². The van der Waals surface area contributed by atoms with Crippen molar-refractivity contribution < 1.29 is 4.79 Å². The molecule has 3 rings (SSSR count). The van der Waals surface area contributed by atoms with Crippen molar-refractivity contribution in [1.82, 2.24) is 10.6 Å². The van der Waals surface area contributed by atoms with Crippen molar-refractivity contribution in [3.05, 3.63) is 64.1 Å². The maximum Gasteiger partial charge on any atom is 0.225 e. The number of nitrogens with one attached hydrogen (secondary N) is 3. The second-order valence-electron chi connectivity index (χ2n) is 7.74. The third-order valence-corrected chi connectivity index (χ3v) is 5.64. The van der Waals surface area contributed by atoms with Gasteiger partial charge >= 0.3 is 0 Å². The van der Waals surface area contributed by atoms with Crippen molar-refractivity contribution >= 4 is 57.5 Å². The van der Waals surface area contributed by atoms with Gasteiger partial charge in [-0.25, -0.2) is 0 Å². The number of fused-ring (bicyclic) bond motifs is 1. The van der Waals surface area contributed by atoms with Gasteiger partial charge in [0.15, 0.2) is 5.96 Å². The second kappa shape index (κ2) is 10.4. The minimum atomic E-state index is -0.0568. The van der Waals surface area contributed by atoms with Crippen LogP contribution >= 0.6 is 39.9 Å². The highest BCUT2D eigenvalue weighted by Gasteiger charge is 2.25. The fraction of sp³-hybridized carbons (Fsp3) is 0.364. The molecule has 1 heterocycles. The van der Waals surface area contributed by atoms with Gasteiger partial charge in [0.2, 0.25) is 5.91 Å². The van der Waals surface area contributed by atoms with Gasteiger partial charge in [-0.1, -0.05) is 60.1 Å². The van der Waals surface area contributed by atoms with Crippen LogP contribution < -0.4 is 16.0 Å². The summed E-state index contributed by atoms with van der Waals surface area (Å²) in [6, 6.07) is 16.4. The van der Waals surface area contributed by atoms with Crippen molar-refractivity contribution in [2.24, 2.45) is 4.99 Å². The predicted octanol–water partition coefficient (Wildman–Crippen LogP) is 4.64. The Bertz CT molecular complexity index is 885. The fourth-order valence-corrected chi connectivity index (χ4v) is 3.84. The third-order valence-electron chi connectivity index (χ3n) is 5.15. The molecule has 0 saturated carbocycles. The first-order valence-electron chi connectivity index (χ1n) is 9.48. The van der Waals surface area contributed by atoms with E-state index in [0.717, 1.165) is 22.7 Å². The van der Waals surface area contributed by atoms with Crippen LogP contribution in [0.4, 0.5) is 5.69 Å². The smallest absolute Gasteiger partial charge is 0.225 e. The Labute approximate surface area is 198 Å². The Balaban J connectivity index is 0.00000300. The van der Waals surface area contributed by atoms with Gasteiger partial charge in [0.25, 0.3) is 0 Å². The molecule has 0 saturated heterocycles. The van der Waals surface area contributed by atoms with Crippen molar-refractivity contribution in [2.75, 3.05) is 25.5 Å². The summed E-state index contributed by atoms with van der Waals surface area (Å²) in [6.07, 6.45) is 0.477. The Morgan fingerprint density at radius 3 is 2.69 bits per heavy atom. The minimum Gasteiger partial charge on any atom is -0.356 e. The van der Waals surface area contributed by atoms with Crippen LogP contribution in [0.3, 0.4) is 0 Å². The van der Waals surface area contributed by atoms with Crippen LogP contribution in [0, 0.1) is 0 Å². The molecule has 1 atom stereocenters. The zero-order chi connectivity index (χ0) is 20.1. The molecule has 156 valence electrons. The van der Waals surface area contributed by atoms with Gasteiger partial charge in [0.1, 0.15) is 0 Å². The molecule has 1 unspecified atom stereocenters. The van der Waals surface area contributed by atoms with Gasteiger partial charge < -0.3 is 16.0 Å². The van der Waals surface area contributed by atoms with Crippen LogP contribution in [-0.4, -0.2) is 32.0 Å². The van der Waals surface area contributed by atoms with Crippen LogP contribution in [0.5, 0.6) is 0 Å². The van der Waals surface area contributed by atoms with E-state index in [4.69, 9.17) is 0 Å². The molecule has 0 fully saturated rings. The van der Waals surface area contributed by atoms with E-state index in [0.29, 0.717) is 13.0 Å². The number of amides is 1. The topological polar surface area (TPSA) is 65.5 Å². The average molecular weight is 571 g/mol. The maximum absolute atomic E-state index is 12.0. The van der Waals surface area contributed by atoms with Crippen molar-refractivity contribution in [1.29, 1.82) is 0 Å². The van der Waals surface area contributed by atoms with Crippen molar-refractivity contribution in [2.45, 2.75) is 31.6 Å². The minimum absolute atomic E-state index is 0. The number of para-hydroxylation sites is 1. The number of nitrogens with zero attached hydrogens (tertiary/aromatic N) is 1. The van der Waals surface area contributed by atoms with E-state index in [2.05, 4.69) is 75.0 Å². The SMILES string of the molecule is CN=C(NCC1CC(=O)Nc2ccccc21)NCC(C)(C)c1cccc(Br)c1.I. The number of guanidine groups is 1. The number of aliphatic imine (C=N–C) groups is 1. The lowest BCUT2D eigenvalue weighted by Crippen LogP contribution is -2.45. The van der Waals surface area contributed by atoms with Gasteiger partial charge in [0.05, 0.1) is 0 Å². The molecular formula is C22H28BrIN4O. The quantitative estimate of drug-likeness (QED) is 0.279. The van der Waals surface area contributed by atoms with E-state index in [1.165, 1.54) is 11.1 Å². The number of carbonyl (C=O) groups is 1. The number of hydrogen-bond acceptors (Lipinski definition) is 2. The zero-order valence-electron chi connectivity index (χ0n) is 17.0. The molecule has 1 amide bonds. The van der Waals surface area contributed by atoms with E-state index in [1.807, 2.05) is 24.3 Å². The summed E-state index contributed by atoms with van der Waals surface area (Å²) in [7, 11) is 1.77. The van der Waals surface area contributed by atoms with Crippen LogP contribution in [0.2, 0.25) is 0 Å². The van der Waals surface area contributed by atoms with Gasteiger partial charge in [-0.05, 0) is 29.3 Å². The number of hydrogen-bond donors (Lipinski definition) is 3. The molecule has 0 aliphatic carbocycles. The summed E-state index contributed by atoms with van der Waals surface area (Å²) < 4.78 is 1.08. The second-order valence-corrected chi connectivity index (χ2v) is 8.65. The maximum atomic E-state index is 12.0. The Hall–Kier alpha value is -1.61. The lowest BCUT2D eigenvalue weighted by atomic mass is 9.85. The van der Waals surface area contributed by atoms with E-state index in [9.17, 15) is 4.79 Å². The summed E-state index contributed by atoms with van der Waals surface area (Å²) >= 11 is 3.55. The number of carbonyl (C=O) groups excluding carboxylic acids is 1. The summed E-state index contributed by atoms with van der Waals surface area (Å²) in [5, 5.41) is 9.75. The Morgan fingerprint density at radius 2 is 1.97 bits per heavy atom. The lowest BCUT2D eigenvalue weighted by molar-refractivity contribution is -0.116. The number of rotatable bonds is 5. The van der Waals surface area contributed by atoms with Crippen LogP contribution in [0.15, 0.2) is 58.0 Å². The van der Waals surface area contributed by atoms with Crippen molar-refractivity contribution in [3.63, 3.8) is 0 Å². The van der Waals surface area contributed by atoms with Crippen LogP contribution in [0.1, 0.15) is 37.3 Å². The molecule has 0 aromatic heterocycles. The summed E-state index contributed by atoms with van der Waals surface area (Å²) in [6.45, 7) is 5.81. The highest BCUT2D eigenvalue weighted by molar-refractivity contribution is 14.0. The molecule has 0 radical (unpaired) electrons. The molecule has 1 aliphatic rings. The monoisotopic (exact) mass is 570 g/mol. The molecule has 7 heteroatoms. The first-order chi connectivity index (χ1) is 13.4. The van der Waals surface area contributed by atoms with Crippen molar-refractivity contribution in [3.8, 4) is 0 Å². The highest BCUT2D eigenvalue weighted by atomic mass is 127. The van der Waals surface area contributed by atoms with E-state index in [1.54, 1.807) is 7.05 Å². The normalized spacial score (nSPS) is 16.3. The standard InChI is InChI=1S/C22H27BrN4O.HI/c1-22(2,16-7-6-8-17(23)12-16)14-26-21(24-3)25-13-15-11-20(28)27-19-10-5-4-9-18(15)19;/h4-10,12,15H,11,13-14H2,1-3H3,(H,27,28)(H2,24,25,26);1H.